The molecule has 6 rings (SSSR count). The molecule has 8 nitrogen and oxygen atoms in total. The van der Waals surface area contributed by atoms with Crippen molar-refractivity contribution in [2.75, 3.05) is 10.6 Å². The minimum absolute atomic E-state index is 0.326. The second-order valence-electron chi connectivity index (χ2n) is 8.97. The lowest BCUT2D eigenvalue weighted by atomic mass is 10.0. The molecule has 41 heavy (non-hydrogen) atoms. The second-order valence-corrected chi connectivity index (χ2v) is 8.97. The van der Waals surface area contributed by atoms with E-state index in [1.165, 1.54) is 6.07 Å². The average Bonchev–Trinajstić information content (AvgIpc) is 3.37. The number of aromatic nitrogens is 4. The van der Waals surface area contributed by atoms with Crippen LogP contribution in [0.4, 0.5) is 26.1 Å². The number of rotatable bonds is 6. The summed E-state index contributed by atoms with van der Waals surface area (Å²) >= 11 is 0. The van der Waals surface area contributed by atoms with Crippen LogP contribution in [0.1, 0.15) is 15.9 Å². The molecule has 1 amide bonds. The molecule has 3 aromatic carbocycles. The predicted octanol–water partition coefficient (Wildman–Crippen LogP) is 6.60. The maximum absolute atomic E-state index is 14.2. The monoisotopic (exact) mass is 543 g/mol. The summed E-state index contributed by atoms with van der Waals surface area (Å²) < 4.78 is 30.1. The number of pyridine rings is 1. The number of nitrogens with one attached hydrogen (secondary N) is 2. The van der Waals surface area contributed by atoms with E-state index in [9.17, 15) is 18.8 Å². The van der Waals surface area contributed by atoms with Crippen LogP contribution in [-0.2, 0) is 0 Å². The lowest BCUT2D eigenvalue weighted by molar-refractivity contribution is 0.101. The molecule has 10 heteroatoms. The maximum atomic E-state index is 14.2. The SMILES string of the molecule is N#Cc1cccc(Nc2nccc(-c3c(-c4cccc(NC(=O)c5c(F)cccc5F)c4)nn4ccccc34)n2)c1. The molecule has 0 aliphatic carbocycles. The molecule has 0 aliphatic rings. The van der Waals surface area contributed by atoms with E-state index in [0.717, 1.165) is 17.6 Å². The lowest BCUT2D eigenvalue weighted by Gasteiger charge is -2.10. The number of fused-ring (bicyclic) bond motifs is 1. The number of hydrogen-bond acceptors (Lipinski definition) is 6. The van der Waals surface area contributed by atoms with Gasteiger partial charge >= 0.3 is 0 Å². The average molecular weight is 544 g/mol. The highest BCUT2D eigenvalue weighted by molar-refractivity contribution is 6.05. The summed E-state index contributed by atoms with van der Waals surface area (Å²) in [6, 6.07) is 26.6. The van der Waals surface area contributed by atoms with E-state index in [2.05, 4.69) is 21.7 Å². The van der Waals surface area contributed by atoms with E-state index in [-0.39, 0.29) is 0 Å². The van der Waals surface area contributed by atoms with E-state index in [1.54, 1.807) is 53.2 Å². The maximum Gasteiger partial charge on any atom is 0.261 e. The molecule has 0 atom stereocenters. The Morgan fingerprint density at radius 2 is 1.66 bits per heavy atom. The highest BCUT2D eigenvalue weighted by Gasteiger charge is 2.20. The number of halogens is 2. The van der Waals surface area contributed by atoms with Gasteiger partial charge in [-0.3, -0.25) is 4.79 Å². The van der Waals surface area contributed by atoms with Crippen LogP contribution < -0.4 is 10.6 Å². The third-order valence-electron chi connectivity index (χ3n) is 6.28. The van der Waals surface area contributed by atoms with E-state index >= 15 is 0 Å². The van der Waals surface area contributed by atoms with Crippen LogP contribution in [0.2, 0.25) is 0 Å². The number of carbonyl (C=O) groups is 1. The van der Waals surface area contributed by atoms with Gasteiger partial charge in [-0.05, 0) is 60.7 Å². The van der Waals surface area contributed by atoms with E-state index in [0.29, 0.717) is 45.4 Å². The zero-order valence-electron chi connectivity index (χ0n) is 21.2. The molecule has 3 heterocycles. The molecule has 0 unspecified atom stereocenters. The summed E-state index contributed by atoms with van der Waals surface area (Å²) in [6.07, 6.45) is 3.43. The molecule has 0 aliphatic heterocycles. The standard InChI is InChI=1S/C31H19F2N7O/c32-23-10-5-11-24(33)27(23)30(41)36-22-9-4-7-20(17-22)29-28(26-12-1-2-15-40(26)39-29)25-13-14-35-31(38-25)37-21-8-3-6-19(16-21)18-34/h1-17H,(H,36,41)(H,35,37,38). The largest absolute Gasteiger partial charge is 0.324 e. The van der Waals surface area contributed by atoms with Crippen molar-refractivity contribution >= 4 is 28.7 Å². The Hall–Kier alpha value is -5.95. The Balaban J connectivity index is 1.39. The van der Waals surface area contributed by atoms with Gasteiger partial charge in [-0.1, -0.05) is 30.3 Å². The fourth-order valence-electron chi connectivity index (χ4n) is 4.46. The van der Waals surface area contributed by atoms with Crippen molar-refractivity contribution in [1.29, 1.82) is 5.26 Å². The summed E-state index contributed by atoms with van der Waals surface area (Å²) in [4.78, 5) is 21.8. The minimum atomic E-state index is -0.950. The molecular weight excluding hydrogens is 524 g/mol. The van der Waals surface area contributed by atoms with Crippen molar-refractivity contribution in [1.82, 2.24) is 19.6 Å². The van der Waals surface area contributed by atoms with Crippen molar-refractivity contribution < 1.29 is 13.6 Å². The molecule has 0 fully saturated rings. The van der Waals surface area contributed by atoms with Crippen molar-refractivity contribution in [2.24, 2.45) is 0 Å². The first-order valence-electron chi connectivity index (χ1n) is 12.4. The van der Waals surface area contributed by atoms with Gasteiger partial charge in [0.25, 0.3) is 5.91 Å². The van der Waals surface area contributed by atoms with Crippen molar-refractivity contribution in [3.05, 3.63) is 126 Å². The lowest BCUT2D eigenvalue weighted by Crippen LogP contribution is -2.15. The molecule has 0 radical (unpaired) electrons. The highest BCUT2D eigenvalue weighted by atomic mass is 19.1. The fraction of sp³-hybridized carbons (Fsp3) is 0. The van der Waals surface area contributed by atoms with Crippen LogP contribution in [0, 0.1) is 23.0 Å². The molecule has 0 bridgehead atoms. The number of nitriles is 1. The summed E-state index contributed by atoms with van der Waals surface area (Å²) in [7, 11) is 0. The number of carbonyl (C=O) groups excluding carboxylic acids is 1. The molecular formula is C31H19F2N7O. The van der Waals surface area contributed by atoms with Crippen molar-refractivity contribution in [2.45, 2.75) is 0 Å². The highest BCUT2D eigenvalue weighted by Crippen LogP contribution is 2.35. The Morgan fingerprint density at radius 1 is 0.878 bits per heavy atom. The van der Waals surface area contributed by atoms with E-state index in [1.807, 2.05) is 36.5 Å². The molecule has 0 saturated heterocycles. The van der Waals surface area contributed by atoms with Gasteiger partial charge in [-0.25, -0.2) is 23.3 Å². The number of anilines is 3. The van der Waals surface area contributed by atoms with Gasteiger partial charge in [0, 0.05) is 29.3 Å². The molecule has 6 aromatic rings. The number of benzene rings is 3. The van der Waals surface area contributed by atoms with Crippen LogP contribution in [0.25, 0.3) is 28.0 Å². The van der Waals surface area contributed by atoms with Crippen molar-refractivity contribution in [3.63, 3.8) is 0 Å². The van der Waals surface area contributed by atoms with Gasteiger partial charge in [-0.2, -0.15) is 10.4 Å². The summed E-state index contributed by atoms with van der Waals surface area (Å²) in [5.74, 6) is -2.48. The zero-order valence-corrected chi connectivity index (χ0v) is 21.2. The molecule has 0 saturated carbocycles. The van der Waals surface area contributed by atoms with Crippen LogP contribution in [0.15, 0.2) is 103 Å². The normalized spacial score (nSPS) is 10.8. The second kappa shape index (κ2) is 10.7. The smallest absolute Gasteiger partial charge is 0.261 e. The minimum Gasteiger partial charge on any atom is -0.324 e. The van der Waals surface area contributed by atoms with Gasteiger partial charge in [0.2, 0.25) is 5.95 Å². The van der Waals surface area contributed by atoms with Crippen LogP contribution in [0.3, 0.4) is 0 Å². The van der Waals surface area contributed by atoms with Crippen LogP contribution in [0.5, 0.6) is 0 Å². The predicted molar refractivity (Wildman–Crippen MR) is 150 cm³/mol. The topological polar surface area (TPSA) is 108 Å². The van der Waals surface area contributed by atoms with Gasteiger partial charge in [0.15, 0.2) is 0 Å². The van der Waals surface area contributed by atoms with E-state index < -0.39 is 23.1 Å². The van der Waals surface area contributed by atoms with Gasteiger partial charge in [-0.15, -0.1) is 0 Å². The first-order chi connectivity index (χ1) is 20.0. The zero-order chi connectivity index (χ0) is 28.3. The van der Waals surface area contributed by atoms with Gasteiger partial charge in [0.05, 0.1) is 28.4 Å². The Bertz CT molecular complexity index is 1960. The first kappa shape index (κ1) is 25.3. The number of hydrogen-bond donors (Lipinski definition) is 2. The fourth-order valence-corrected chi connectivity index (χ4v) is 4.46. The summed E-state index contributed by atoms with van der Waals surface area (Å²) in [5, 5.41) is 19.7. The first-order valence-corrected chi connectivity index (χ1v) is 12.4. The third-order valence-corrected chi connectivity index (χ3v) is 6.28. The van der Waals surface area contributed by atoms with Crippen molar-refractivity contribution in [3.8, 4) is 28.6 Å². The van der Waals surface area contributed by atoms with E-state index in [4.69, 9.17) is 10.1 Å². The number of nitrogens with zero attached hydrogens (tertiary/aromatic N) is 5. The Labute approximate surface area is 232 Å². The molecule has 3 aromatic heterocycles. The molecule has 0 spiro atoms. The Kier molecular flexibility index (Phi) is 6.59. The summed E-state index contributed by atoms with van der Waals surface area (Å²) in [5.41, 5.74) is 4.13. The van der Waals surface area contributed by atoms with Crippen LogP contribution >= 0.6 is 0 Å². The molecule has 198 valence electrons. The summed E-state index contributed by atoms with van der Waals surface area (Å²) in [6.45, 7) is 0. The quantitative estimate of drug-likeness (QED) is 0.245. The van der Waals surface area contributed by atoms with Gasteiger partial charge in [0.1, 0.15) is 22.9 Å². The van der Waals surface area contributed by atoms with Gasteiger partial charge < -0.3 is 10.6 Å². The third kappa shape index (κ3) is 5.07. The Morgan fingerprint density at radius 3 is 2.49 bits per heavy atom. The van der Waals surface area contributed by atoms with Crippen LogP contribution in [-0.4, -0.2) is 25.5 Å². The molecule has 2 N–H and O–H groups in total. The number of amides is 1.